The Morgan fingerprint density at radius 3 is 2.65 bits per heavy atom. The molecule has 0 aliphatic heterocycles. The van der Waals surface area contributed by atoms with Crippen LogP contribution in [0.2, 0.25) is 0 Å². The predicted octanol–water partition coefficient (Wildman–Crippen LogP) is 0.271. The fourth-order valence-corrected chi connectivity index (χ4v) is 1.27. The molecule has 0 atom stereocenters. The molecule has 20 heavy (non-hydrogen) atoms. The number of urea groups is 1. The first kappa shape index (κ1) is 15.7. The number of nitrogens with zero attached hydrogens (tertiary/aromatic N) is 3. The Kier molecular flexibility index (Phi) is 5.29. The first-order chi connectivity index (χ1) is 9.28. The number of carbonyl (C=O) groups excluding carboxylic acids is 1. The van der Waals surface area contributed by atoms with Crippen LogP contribution in [-0.2, 0) is 11.2 Å². The molecular formula is C9H11F3N4O4. The van der Waals surface area contributed by atoms with Gasteiger partial charge in [0.2, 0.25) is 5.89 Å². The van der Waals surface area contributed by atoms with Crippen molar-refractivity contribution in [2.75, 3.05) is 19.6 Å². The van der Waals surface area contributed by atoms with Crippen molar-refractivity contribution in [3.05, 3.63) is 12.2 Å². The van der Waals surface area contributed by atoms with Crippen LogP contribution in [0.25, 0.3) is 0 Å². The Balaban J connectivity index is 2.47. The average Bonchev–Trinajstić information content (AvgIpc) is 2.78. The molecular weight excluding hydrogens is 285 g/mol. The highest BCUT2D eigenvalue weighted by atomic mass is 19.4. The minimum absolute atomic E-state index is 0.0605. The van der Waals surface area contributed by atoms with Gasteiger partial charge in [0.05, 0.1) is 0 Å². The van der Waals surface area contributed by atoms with Crippen molar-refractivity contribution >= 4 is 12.0 Å². The maximum Gasteiger partial charge on any atom is 0.406 e. The average molecular weight is 296 g/mol. The van der Waals surface area contributed by atoms with E-state index >= 15 is 0 Å². The number of rotatable bonds is 6. The van der Waals surface area contributed by atoms with E-state index in [1.54, 1.807) is 0 Å². The molecule has 0 fully saturated rings. The number of carboxylic acids is 1. The summed E-state index contributed by atoms with van der Waals surface area (Å²) in [6, 6.07) is -1.13. The summed E-state index contributed by atoms with van der Waals surface area (Å²) >= 11 is 0. The van der Waals surface area contributed by atoms with Crippen molar-refractivity contribution in [1.29, 1.82) is 0 Å². The molecule has 0 aliphatic carbocycles. The zero-order chi connectivity index (χ0) is 15.2. The van der Waals surface area contributed by atoms with Crippen molar-refractivity contribution in [2.45, 2.75) is 12.6 Å². The number of hydrogen-bond donors (Lipinski definition) is 2. The molecule has 0 unspecified atom stereocenters. The van der Waals surface area contributed by atoms with Crippen molar-refractivity contribution in [1.82, 2.24) is 20.4 Å². The minimum atomic E-state index is -4.68. The lowest BCUT2D eigenvalue weighted by Crippen LogP contribution is -2.47. The smallest absolute Gasteiger partial charge is 0.406 e. The van der Waals surface area contributed by atoms with Gasteiger partial charge in [-0.2, -0.15) is 18.2 Å². The van der Waals surface area contributed by atoms with Crippen LogP contribution in [0.1, 0.15) is 5.89 Å². The lowest BCUT2D eigenvalue weighted by molar-refractivity contribution is -0.148. The number of carbonyl (C=O) groups is 2. The van der Waals surface area contributed by atoms with Crippen LogP contribution < -0.4 is 5.32 Å². The number of halogens is 3. The van der Waals surface area contributed by atoms with Crippen LogP contribution in [0.15, 0.2) is 10.9 Å². The highest BCUT2D eigenvalue weighted by Crippen LogP contribution is 2.16. The van der Waals surface area contributed by atoms with Gasteiger partial charge in [-0.25, -0.2) is 4.79 Å². The van der Waals surface area contributed by atoms with Crippen LogP contribution in [0.5, 0.6) is 0 Å². The maximum absolute atomic E-state index is 12.2. The largest absolute Gasteiger partial charge is 0.480 e. The molecule has 112 valence electrons. The zero-order valence-electron chi connectivity index (χ0n) is 10.1. The molecule has 1 rings (SSSR count). The standard InChI is InChI=1S/C9H11F3N4O4/c10-9(11,12)4-16(3-7(17)18)8(19)13-2-1-6-14-5-15-20-6/h5H,1-4H2,(H,13,19)(H,17,18). The maximum atomic E-state index is 12.2. The van der Waals surface area contributed by atoms with E-state index in [9.17, 15) is 22.8 Å². The molecule has 0 bridgehead atoms. The summed E-state index contributed by atoms with van der Waals surface area (Å²) in [6.45, 7) is -2.76. The first-order valence-corrected chi connectivity index (χ1v) is 5.35. The molecule has 0 saturated heterocycles. The monoisotopic (exact) mass is 296 g/mol. The van der Waals surface area contributed by atoms with Gasteiger partial charge in [-0.1, -0.05) is 5.16 Å². The highest BCUT2D eigenvalue weighted by molar-refractivity contribution is 5.80. The predicted molar refractivity (Wildman–Crippen MR) is 56.7 cm³/mol. The molecule has 1 aromatic heterocycles. The second-order valence-corrected chi connectivity index (χ2v) is 3.68. The third-order valence-electron chi connectivity index (χ3n) is 2.01. The molecule has 0 aromatic carbocycles. The Morgan fingerprint density at radius 1 is 1.45 bits per heavy atom. The third kappa shape index (κ3) is 6.02. The Bertz CT molecular complexity index is 449. The number of nitrogens with one attached hydrogen (secondary N) is 1. The summed E-state index contributed by atoms with van der Waals surface area (Å²) in [5, 5.41) is 13.9. The van der Waals surface area contributed by atoms with E-state index < -0.39 is 31.3 Å². The topological polar surface area (TPSA) is 109 Å². The summed E-state index contributed by atoms with van der Waals surface area (Å²) in [5.74, 6) is -1.34. The molecule has 1 aromatic rings. The van der Waals surface area contributed by atoms with E-state index in [2.05, 4.69) is 20.0 Å². The van der Waals surface area contributed by atoms with Gasteiger partial charge in [0, 0.05) is 13.0 Å². The molecule has 2 amide bonds. The van der Waals surface area contributed by atoms with Gasteiger partial charge in [-0.15, -0.1) is 0 Å². The van der Waals surface area contributed by atoms with Gasteiger partial charge in [-0.05, 0) is 0 Å². The van der Waals surface area contributed by atoms with Crippen LogP contribution in [0.4, 0.5) is 18.0 Å². The normalized spacial score (nSPS) is 11.2. The first-order valence-electron chi connectivity index (χ1n) is 5.35. The minimum Gasteiger partial charge on any atom is -0.480 e. The van der Waals surface area contributed by atoms with Gasteiger partial charge in [0.25, 0.3) is 0 Å². The van der Waals surface area contributed by atoms with Gasteiger partial charge < -0.3 is 19.8 Å². The fourth-order valence-electron chi connectivity index (χ4n) is 1.27. The number of alkyl halides is 3. The van der Waals surface area contributed by atoms with Crippen molar-refractivity contribution < 1.29 is 32.4 Å². The van der Waals surface area contributed by atoms with E-state index in [0.717, 1.165) is 6.33 Å². The number of aromatic nitrogens is 2. The molecule has 0 aliphatic rings. The van der Waals surface area contributed by atoms with E-state index in [1.165, 1.54) is 0 Å². The molecule has 1 heterocycles. The molecule has 0 radical (unpaired) electrons. The summed E-state index contributed by atoms with van der Waals surface area (Å²) < 4.78 is 41.3. The SMILES string of the molecule is O=C(O)CN(CC(F)(F)F)C(=O)NCCc1ncno1. The third-order valence-corrected chi connectivity index (χ3v) is 2.01. The van der Waals surface area contributed by atoms with E-state index in [4.69, 9.17) is 5.11 Å². The summed E-state index contributed by atoms with van der Waals surface area (Å²) in [7, 11) is 0. The Labute approximate surface area is 110 Å². The lowest BCUT2D eigenvalue weighted by atomic mass is 10.4. The Morgan fingerprint density at radius 2 is 2.15 bits per heavy atom. The molecule has 2 N–H and O–H groups in total. The molecule has 0 saturated carbocycles. The number of aliphatic carboxylic acids is 1. The number of hydrogen-bond acceptors (Lipinski definition) is 5. The quantitative estimate of drug-likeness (QED) is 0.780. The van der Waals surface area contributed by atoms with Crippen LogP contribution in [-0.4, -0.2) is 58.0 Å². The molecule has 11 heteroatoms. The number of carboxylic acid groups (broad SMARTS) is 1. The van der Waals surface area contributed by atoms with E-state index in [1.807, 2.05) is 0 Å². The van der Waals surface area contributed by atoms with Gasteiger partial charge >= 0.3 is 18.2 Å². The van der Waals surface area contributed by atoms with Gasteiger partial charge in [0.15, 0.2) is 6.33 Å². The van der Waals surface area contributed by atoms with Crippen molar-refractivity contribution in [3.63, 3.8) is 0 Å². The second-order valence-electron chi connectivity index (χ2n) is 3.68. The van der Waals surface area contributed by atoms with Crippen LogP contribution in [0, 0.1) is 0 Å². The van der Waals surface area contributed by atoms with Gasteiger partial charge in [-0.3, -0.25) is 4.79 Å². The lowest BCUT2D eigenvalue weighted by Gasteiger charge is -2.22. The summed E-state index contributed by atoms with van der Waals surface area (Å²) in [5.41, 5.74) is 0. The summed E-state index contributed by atoms with van der Waals surface area (Å²) in [6.07, 6.45) is -3.42. The summed E-state index contributed by atoms with van der Waals surface area (Å²) in [4.78, 5) is 25.7. The van der Waals surface area contributed by atoms with Gasteiger partial charge in [0.1, 0.15) is 13.1 Å². The van der Waals surface area contributed by atoms with E-state index in [-0.39, 0.29) is 23.8 Å². The molecule has 8 nitrogen and oxygen atoms in total. The van der Waals surface area contributed by atoms with Crippen LogP contribution >= 0.6 is 0 Å². The Hall–Kier alpha value is -2.33. The van der Waals surface area contributed by atoms with Crippen LogP contribution in [0.3, 0.4) is 0 Å². The number of amides is 2. The fraction of sp³-hybridized carbons (Fsp3) is 0.556. The van der Waals surface area contributed by atoms with E-state index in [0.29, 0.717) is 0 Å². The van der Waals surface area contributed by atoms with Crippen molar-refractivity contribution in [3.8, 4) is 0 Å². The van der Waals surface area contributed by atoms with Crippen molar-refractivity contribution in [2.24, 2.45) is 0 Å². The highest BCUT2D eigenvalue weighted by Gasteiger charge is 2.33. The molecule has 0 spiro atoms. The zero-order valence-corrected chi connectivity index (χ0v) is 10.1. The second kappa shape index (κ2) is 6.73.